The predicted molar refractivity (Wildman–Crippen MR) is 61.7 cm³/mol. The average Bonchev–Trinajstić information content (AvgIpc) is 2.24. The van der Waals surface area contributed by atoms with Gasteiger partial charge < -0.3 is 15.2 Å². The molecule has 1 aromatic rings. The van der Waals surface area contributed by atoms with Crippen molar-refractivity contribution in [3.05, 3.63) is 27.9 Å². The summed E-state index contributed by atoms with van der Waals surface area (Å²) in [5, 5.41) is 21.3. The van der Waals surface area contributed by atoms with Gasteiger partial charge in [0.25, 0.3) is 5.69 Å². The van der Waals surface area contributed by atoms with Gasteiger partial charge in [-0.1, -0.05) is 0 Å². The lowest BCUT2D eigenvalue weighted by molar-refractivity contribution is -0.385. The molecule has 8 nitrogen and oxygen atoms in total. The van der Waals surface area contributed by atoms with Crippen molar-refractivity contribution in [1.29, 1.82) is 0 Å². The van der Waals surface area contributed by atoms with E-state index >= 15 is 0 Å². The van der Waals surface area contributed by atoms with E-state index in [0.29, 0.717) is 5.69 Å². The lowest BCUT2D eigenvalue weighted by Gasteiger charge is -2.12. The summed E-state index contributed by atoms with van der Waals surface area (Å²) in [6.07, 6.45) is -1.16. The van der Waals surface area contributed by atoms with E-state index in [0.717, 1.165) is 0 Å². The first kappa shape index (κ1) is 13.7. The highest BCUT2D eigenvalue weighted by Crippen LogP contribution is 2.18. The molecule has 1 amide bonds. The van der Waals surface area contributed by atoms with Crippen molar-refractivity contribution >= 4 is 11.8 Å². The fraction of sp³-hybridized carbons (Fsp3) is 0.400. The summed E-state index contributed by atoms with van der Waals surface area (Å²) >= 11 is 0. The minimum atomic E-state index is -1.16. The molecule has 0 aliphatic rings. The molecule has 0 aromatic carbocycles. The first-order chi connectivity index (χ1) is 8.38. The van der Waals surface area contributed by atoms with Crippen LogP contribution in [0.25, 0.3) is 0 Å². The summed E-state index contributed by atoms with van der Waals surface area (Å²) in [5.74, 6) is 0.0979. The Bertz CT molecular complexity index is 463. The van der Waals surface area contributed by atoms with Crippen molar-refractivity contribution in [1.82, 2.24) is 10.3 Å². The smallest absolute Gasteiger partial charge is 0.404 e. The Labute approximate surface area is 103 Å². The van der Waals surface area contributed by atoms with Crippen LogP contribution in [0.15, 0.2) is 12.1 Å². The van der Waals surface area contributed by atoms with Gasteiger partial charge in [0.2, 0.25) is 5.88 Å². The van der Waals surface area contributed by atoms with Crippen LogP contribution in [-0.2, 0) is 0 Å². The minimum absolute atomic E-state index is 0.0416. The monoisotopic (exact) mass is 255 g/mol. The highest BCUT2D eigenvalue weighted by molar-refractivity contribution is 5.64. The van der Waals surface area contributed by atoms with Crippen LogP contribution in [0.5, 0.6) is 5.88 Å². The highest BCUT2D eigenvalue weighted by atomic mass is 16.6. The summed E-state index contributed by atoms with van der Waals surface area (Å²) in [6, 6.07) is 2.08. The average molecular weight is 255 g/mol. The molecule has 0 unspecified atom stereocenters. The standard InChI is InChI=1S/C10H13N3O5/c1-6-3-8(13(16)17)4-9(11-6)18-5-7(2)12-10(14)15/h3-4,7,12H,5H2,1-2H3,(H,14,15)/t7-/m0/s1. The Morgan fingerprint density at radius 1 is 1.67 bits per heavy atom. The molecule has 1 atom stereocenters. The van der Waals surface area contributed by atoms with Crippen molar-refractivity contribution in [2.75, 3.05) is 6.61 Å². The summed E-state index contributed by atoms with van der Waals surface area (Å²) in [4.78, 5) is 24.4. The van der Waals surface area contributed by atoms with Gasteiger partial charge in [0.15, 0.2) is 0 Å². The van der Waals surface area contributed by atoms with E-state index in [4.69, 9.17) is 9.84 Å². The highest BCUT2D eigenvalue weighted by Gasteiger charge is 2.12. The molecule has 1 aromatic heterocycles. The molecule has 0 saturated carbocycles. The lowest BCUT2D eigenvalue weighted by atomic mass is 10.3. The fourth-order valence-corrected chi connectivity index (χ4v) is 1.26. The van der Waals surface area contributed by atoms with E-state index in [9.17, 15) is 14.9 Å². The molecule has 0 bridgehead atoms. The number of amides is 1. The molecule has 98 valence electrons. The van der Waals surface area contributed by atoms with E-state index in [1.165, 1.54) is 12.1 Å². The Kier molecular flexibility index (Phi) is 4.41. The zero-order valence-electron chi connectivity index (χ0n) is 9.91. The number of hydrogen-bond acceptors (Lipinski definition) is 5. The van der Waals surface area contributed by atoms with E-state index in [1.54, 1.807) is 13.8 Å². The van der Waals surface area contributed by atoms with Crippen LogP contribution >= 0.6 is 0 Å². The second kappa shape index (κ2) is 5.80. The molecule has 0 spiro atoms. The first-order valence-electron chi connectivity index (χ1n) is 5.14. The number of ether oxygens (including phenoxy) is 1. The first-order valence-corrected chi connectivity index (χ1v) is 5.14. The molecule has 0 fully saturated rings. The van der Waals surface area contributed by atoms with Crippen LogP contribution in [0.1, 0.15) is 12.6 Å². The maximum atomic E-state index is 10.6. The number of nitrogens with one attached hydrogen (secondary N) is 1. The van der Waals surface area contributed by atoms with E-state index < -0.39 is 17.1 Å². The van der Waals surface area contributed by atoms with E-state index in [2.05, 4.69) is 10.3 Å². The summed E-state index contributed by atoms with van der Waals surface area (Å²) < 4.78 is 5.20. The number of nitro groups is 1. The molecular weight excluding hydrogens is 242 g/mol. The molecule has 0 aliphatic heterocycles. The second-order valence-electron chi connectivity index (χ2n) is 3.72. The second-order valence-corrected chi connectivity index (χ2v) is 3.72. The number of aryl methyl sites for hydroxylation is 1. The zero-order valence-corrected chi connectivity index (χ0v) is 9.91. The minimum Gasteiger partial charge on any atom is -0.475 e. The Balaban J connectivity index is 2.67. The normalized spacial score (nSPS) is 11.7. The number of carboxylic acid groups (broad SMARTS) is 1. The maximum Gasteiger partial charge on any atom is 0.404 e. The van der Waals surface area contributed by atoms with E-state index in [1.807, 2.05) is 0 Å². The van der Waals surface area contributed by atoms with Crippen molar-refractivity contribution in [3.63, 3.8) is 0 Å². The Morgan fingerprint density at radius 2 is 2.33 bits per heavy atom. The van der Waals surface area contributed by atoms with Crippen LogP contribution < -0.4 is 10.1 Å². The van der Waals surface area contributed by atoms with Crippen molar-refractivity contribution < 1.29 is 19.6 Å². The summed E-state index contributed by atoms with van der Waals surface area (Å²) in [6.45, 7) is 3.26. The molecule has 8 heteroatoms. The quantitative estimate of drug-likeness (QED) is 0.606. The zero-order chi connectivity index (χ0) is 13.7. The van der Waals surface area contributed by atoms with E-state index in [-0.39, 0.29) is 18.2 Å². The fourth-order valence-electron chi connectivity index (χ4n) is 1.26. The number of nitrogens with zero attached hydrogens (tertiary/aromatic N) is 2. The topological polar surface area (TPSA) is 115 Å². The molecule has 18 heavy (non-hydrogen) atoms. The third-order valence-electron chi connectivity index (χ3n) is 1.98. The number of carbonyl (C=O) groups is 1. The van der Waals surface area contributed by atoms with Gasteiger partial charge in [-0.2, -0.15) is 0 Å². The Morgan fingerprint density at radius 3 is 2.89 bits per heavy atom. The van der Waals surface area contributed by atoms with Crippen LogP contribution in [0, 0.1) is 17.0 Å². The number of aromatic nitrogens is 1. The third-order valence-corrected chi connectivity index (χ3v) is 1.98. The summed E-state index contributed by atoms with van der Waals surface area (Å²) in [7, 11) is 0. The molecule has 2 N–H and O–H groups in total. The van der Waals surface area contributed by atoms with Crippen LogP contribution in [0.3, 0.4) is 0 Å². The Hall–Kier alpha value is -2.38. The van der Waals surface area contributed by atoms with Crippen LogP contribution in [-0.4, -0.2) is 33.8 Å². The molecular formula is C10H13N3O5. The van der Waals surface area contributed by atoms with Gasteiger partial charge in [0.1, 0.15) is 6.61 Å². The molecule has 0 aliphatic carbocycles. The van der Waals surface area contributed by atoms with Crippen LogP contribution in [0.4, 0.5) is 10.5 Å². The molecule has 1 heterocycles. The van der Waals surface area contributed by atoms with Gasteiger partial charge in [-0.15, -0.1) is 0 Å². The number of hydrogen-bond donors (Lipinski definition) is 2. The van der Waals surface area contributed by atoms with Gasteiger partial charge in [-0.25, -0.2) is 9.78 Å². The largest absolute Gasteiger partial charge is 0.475 e. The molecule has 1 rings (SSSR count). The maximum absolute atomic E-state index is 10.6. The number of pyridine rings is 1. The molecule has 0 saturated heterocycles. The molecule has 0 radical (unpaired) electrons. The van der Waals surface area contributed by atoms with Gasteiger partial charge in [0.05, 0.1) is 17.0 Å². The van der Waals surface area contributed by atoms with Gasteiger partial charge in [-0.3, -0.25) is 10.1 Å². The van der Waals surface area contributed by atoms with Crippen LogP contribution in [0.2, 0.25) is 0 Å². The van der Waals surface area contributed by atoms with Crippen molar-refractivity contribution in [2.24, 2.45) is 0 Å². The SMILES string of the molecule is Cc1cc([N+](=O)[O-])cc(OC[C@H](C)NC(=O)O)n1. The lowest BCUT2D eigenvalue weighted by Crippen LogP contribution is -2.35. The predicted octanol–water partition coefficient (Wildman–Crippen LogP) is 1.33. The third kappa shape index (κ3) is 4.24. The van der Waals surface area contributed by atoms with Gasteiger partial charge >= 0.3 is 6.09 Å². The van der Waals surface area contributed by atoms with Crippen molar-refractivity contribution in [3.8, 4) is 5.88 Å². The van der Waals surface area contributed by atoms with Gasteiger partial charge in [-0.05, 0) is 13.8 Å². The number of rotatable bonds is 5. The van der Waals surface area contributed by atoms with Gasteiger partial charge in [0, 0.05) is 11.8 Å². The van der Waals surface area contributed by atoms with Crippen molar-refractivity contribution in [2.45, 2.75) is 19.9 Å². The summed E-state index contributed by atoms with van der Waals surface area (Å²) in [5.41, 5.74) is 0.342.